The van der Waals surface area contributed by atoms with Gasteiger partial charge in [-0.25, -0.2) is 4.79 Å². The number of carbonyl (C=O) groups is 2. The van der Waals surface area contributed by atoms with E-state index in [0.29, 0.717) is 29.6 Å². The molecule has 0 bridgehead atoms. The minimum Gasteiger partial charge on any atom is -0.444 e. The van der Waals surface area contributed by atoms with Gasteiger partial charge in [0.1, 0.15) is 5.60 Å². The molecule has 0 fully saturated rings. The number of ether oxygens (including phenoxy) is 1. The van der Waals surface area contributed by atoms with Crippen molar-refractivity contribution >= 4 is 27.9 Å². The van der Waals surface area contributed by atoms with E-state index in [1.807, 2.05) is 20.8 Å². The van der Waals surface area contributed by atoms with Crippen molar-refractivity contribution < 1.29 is 14.3 Å². The Morgan fingerprint density at radius 1 is 1.48 bits per heavy atom. The van der Waals surface area contributed by atoms with E-state index in [-0.39, 0.29) is 17.9 Å². The van der Waals surface area contributed by atoms with E-state index < -0.39 is 5.60 Å². The lowest BCUT2D eigenvalue weighted by Crippen LogP contribution is -2.35. The van der Waals surface area contributed by atoms with Gasteiger partial charge in [0, 0.05) is 29.3 Å². The minimum absolute atomic E-state index is 0.0598. The maximum atomic E-state index is 12.1. The first kappa shape index (κ1) is 19.5. The number of nitrogens with one attached hydrogen (secondary N) is 1. The zero-order valence-corrected chi connectivity index (χ0v) is 15.8. The van der Waals surface area contributed by atoms with Crippen molar-refractivity contribution in [3.05, 3.63) is 35.0 Å². The molecule has 0 aliphatic carbocycles. The van der Waals surface area contributed by atoms with Crippen molar-refractivity contribution in [1.82, 2.24) is 10.2 Å². The fourth-order valence-corrected chi connectivity index (χ4v) is 2.83. The van der Waals surface area contributed by atoms with E-state index in [1.54, 1.807) is 13.1 Å². The molecule has 0 saturated carbocycles. The molecule has 0 aromatic carbocycles. The van der Waals surface area contributed by atoms with Crippen LogP contribution in [0.3, 0.4) is 0 Å². The lowest BCUT2D eigenvalue weighted by Gasteiger charge is -2.25. The molecule has 128 valence electrons. The van der Waals surface area contributed by atoms with Crippen LogP contribution in [0.2, 0.25) is 0 Å². The molecule has 6 heteroatoms. The lowest BCUT2D eigenvalue weighted by atomic mass is 9.94. The van der Waals surface area contributed by atoms with Crippen molar-refractivity contribution in [3.63, 3.8) is 0 Å². The summed E-state index contributed by atoms with van der Waals surface area (Å²) in [6, 6.07) is 0. The summed E-state index contributed by atoms with van der Waals surface area (Å²) < 4.78 is 5.98. The minimum atomic E-state index is -0.515. The van der Waals surface area contributed by atoms with E-state index >= 15 is 0 Å². The molecule has 0 aromatic heterocycles. The molecule has 23 heavy (non-hydrogen) atoms. The molecule has 0 aromatic rings. The van der Waals surface area contributed by atoms with Crippen LogP contribution in [0.1, 0.15) is 33.6 Å². The molecule has 2 amide bonds. The van der Waals surface area contributed by atoms with Crippen molar-refractivity contribution in [2.45, 2.75) is 39.2 Å². The van der Waals surface area contributed by atoms with Gasteiger partial charge in [-0.1, -0.05) is 29.1 Å². The van der Waals surface area contributed by atoms with Crippen molar-refractivity contribution in [1.29, 1.82) is 0 Å². The van der Waals surface area contributed by atoms with Crippen molar-refractivity contribution in [2.24, 2.45) is 5.92 Å². The molecule has 1 atom stereocenters. The molecular weight excluding hydrogens is 360 g/mol. The molecular formula is C17H25BrN2O3. The highest BCUT2D eigenvalue weighted by molar-refractivity contribution is 9.11. The lowest BCUT2D eigenvalue weighted by molar-refractivity contribution is -0.122. The number of hydrogen-bond donors (Lipinski definition) is 1. The highest BCUT2D eigenvalue weighted by atomic mass is 79.9. The molecule has 1 heterocycles. The number of rotatable bonds is 6. The Kier molecular flexibility index (Phi) is 6.62. The second-order valence-corrected chi connectivity index (χ2v) is 7.48. The zero-order valence-electron chi connectivity index (χ0n) is 14.2. The summed E-state index contributed by atoms with van der Waals surface area (Å²) >= 11 is 3.35. The first-order valence-electron chi connectivity index (χ1n) is 7.53. The van der Waals surface area contributed by atoms with Gasteiger partial charge in [0.15, 0.2) is 0 Å². The Morgan fingerprint density at radius 2 is 2.09 bits per heavy atom. The monoisotopic (exact) mass is 384 g/mol. The first-order chi connectivity index (χ1) is 10.6. The fraction of sp³-hybridized carbons (Fsp3) is 0.529. The first-order valence-corrected chi connectivity index (χ1v) is 8.32. The SMILES string of the molecule is C=CC1=C(C(=C)Br)C(CCCN(C)C(=O)OC(C)(C)C)C(=O)N1. The third-order valence-corrected chi connectivity index (χ3v) is 3.83. The van der Waals surface area contributed by atoms with Crippen molar-refractivity contribution in [2.75, 3.05) is 13.6 Å². The average molecular weight is 385 g/mol. The molecule has 0 saturated heterocycles. The third kappa shape index (κ3) is 5.53. The summed E-state index contributed by atoms with van der Waals surface area (Å²) in [7, 11) is 1.69. The highest BCUT2D eigenvalue weighted by Crippen LogP contribution is 2.34. The zero-order chi connectivity index (χ0) is 17.8. The summed E-state index contributed by atoms with van der Waals surface area (Å²) in [6.45, 7) is 13.6. The van der Waals surface area contributed by atoms with Crippen LogP contribution >= 0.6 is 15.9 Å². The highest BCUT2D eigenvalue weighted by Gasteiger charge is 2.32. The Labute approximate surface area is 146 Å². The molecule has 1 aliphatic rings. The molecule has 0 radical (unpaired) electrons. The maximum Gasteiger partial charge on any atom is 0.410 e. The van der Waals surface area contributed by atoms with E-state index in [0.717, 1.165) is 5.57 Å². The van der Waals surface area contributed by atoms with Crippen LogP contribution in [0.15, 0.2) is 35.0 Å². The van der Waals surface area contributed by atoms with E-state index in [1.165, 1.54) is 4.90 Å². The smallest absolute Gasteiger partial charge is 0.410 e. The molecule has 1 unspecified atom stereocenters. The number of amides is 2. The summed E-state index contributed by atoms with van der Waals surface area (Å²) in [5.41, 5.74) is 1.02. The van der Waals surface area contributed by atoms with Crippen LogP contribution in [0, 0.1) is 5.92 Å². The third-order valence-electron chi connectivity index (χ3n) is 3.40. The number of allylic oxidation sites excluding steroid dienone is 2. The Balaban J connectivity index is 2.59. The van der Waals surface area contributed by atoms with Gasteiger partial charge in [-0.15, -0.1) is 0 Å². The fourth-order valence-electron chi connectivity index (χ4n) is 2.34. The number of halogens is 1. The van der Waals surface area contributed by atoms with Crippen LogP contribution < -0.4 is 5.32 Å². The van der Waals surface area contributed by atoms with Gasteiger partial charge in [-0.05, 0) is 39.7 Å². The van der Waals surface area contributed by atoms with Crippen LogP contribution in [-0.2, 0) is 9.53 Å². The quantitative estimate of drug-likeness (QED) is 0.758. The summed E-state index contributed by atoms with van der Waals surface area (Å²) in [6.07, 6.45) is 2.56. The van der Waals surface area contributed by atoms with Gasteiger partial charge < -0.3 is 15.0 Å². The van der Waals surface area contributed by atoms with Gasteiger partial charge in [-0.2, -0.15) is 0 Å². The van der Waals surface area contributed by atoms with Gasteiger partial charge in [0.2, 0.25) is 5.91 Å². The second-order valence-electron chi connectivity index (χ2n) is 6.52. The summed E-state index contributed by atoms with van der Waals surface area (Å²) in [5.74, 6) is -0.336. The molecule has 1 aliphatic heterocycles. The Bertz CT molecular complexity index is 547. The van der Waals surface area contributed by atoms with E-state index in [2.05, 4.69) is 34.4 Å². The molecule has 5 nitrogen and oxygen atoms in total. The van der Waals surface area contributed by atoms with E-state index in [4.69, 9.17) is 4.74 Å². The van der Waals surface area contributed by atoms with Gasteiger partial charge in [0.25, 0.3) is 0 Å². The summed E-state index contributed by atoms with van der Waals surface area (Å²) in [5, 5.41) is 2.80. The average Bonchev–Trinajstić information content (AvgIpc) is 2.73. The predicted molar refractivity (Wildman–Crippen MR) is 95.0 cm³/mol. The van der Waals surface area contributed by atoms with Crippen LogP contribution in [-0.4, -0.2) is 36.1 Å². The van der Waals surface area contributed by atoms with Gasteiger partial charge in [0.05, 0.1) is 5.92 Å². The topological polar surface area (TPSA) is 58.6 Å². The van der Waals surface area contributed by atoms with Crippen LogP contribution in [0.4, 0.5) is 4.79 Å². The molecule has 1 N–H and O–H groups in total. The van der Waals surface area contributed by atoms with Gasteiger partial charge >= 0.3 is 6.09 Å². The maximum absolute atomic E-state index is 12.1. The van der Waals surface area contributed by atoms with Crippen LogP contribution in [0.25, 0.3) is 0 Å². The Morgan fingerprint density at radius 3 is 2.57 bits per heavy atom. The molecule has 1 rings (SSSR count). The van der Waals surface area contributed by atoms with Crippen LogP contribution in [0.5, 0.6) is 0 Å². The standard InChI is InChI=1S/C17H25BrN2O3/c1-7-13-14(11(2)18)12(15(21)19-13)9-8-10-20(6)16(22)23-17(3,4)5/h7,12H,1-2,8-10H2,3-6H3,(H,19,21). The largest absolute Gasteiger partial charge is 0.444 e. The summed E-state index contributed by atoms with van der Waals surface area (Å²) in [4.78, 5) is 25.5. The normalized spacial score (nSPS) is 17.8. The number of hydrogen-bond acceptors (Lipinski definition) is 3. The predicted octanol–water partition coefficient (Wildman–Crippen LogP) is 3.73. The number of nitrogens with zero attached hydrogens (tertiary/aromatic N) is 1. The molecule has 0 spiro atoms. The number of carbonyl (C=O) groups excluding carboxylic acids is 2. The van der Waals surface area contributed by atoms with Gasteiger partial charge in [-0.3, -0.25) is 4.79 Å². The second kappa shape index (κ2) is 7.81. The van der Waals surface area contributed by atoms with E-state index in [9.17, 15) is 9.59 Å². The Hall–Kier alpha value is -1.56. The van der Waals surface area contributed by atoms with Crippen molar-refractivity contribution in [3.8, 4) is 0 Å².